The van der Waals surface area contributed by atoms with Gasteiger partial charge in [-0.2, -0.15) is 0 Å². The number of carbonyl (C=O) groups excluding carboxylic acids is 1. The number of pyridine rings is 1. The van der Waals surface area contributed by atoms with Crippen LogP contribution in [0.15, 0.2) is 16.1 Å². The fourth-order valence-electron chi connectivity index (χ4n) is 3.18. The second-order valence-corrected chi connectivity index (χ2v) is 9.34. The second kappa shape index (κ2) is 7.67. The molecule has 4 rings (SSSR count). The maximum atomic E-state index is 12.8. The molecule has 1 N–H and O–H groups in total. The minimum atomic E-state index is -0.288. The van der Waals surface area contributed by atoms with E-state index in [1.165, 1.54) is 27.4 Å². The first-order valence-electron chi connectivity index (χ1n) is 8.61. The third kappa shape index (κ3) is 3.43. The molecule has 0 aromatic carbocycles. The molecule has 0 fully saturated rings. The highest BCUT2D eigenvalue weighted by Crippen LogP contribution is 2.35. The van der Waals surface area contributed by atoms with E-state index >= 15 is 0 Å². The quantitative estimate of drug-likeness (QED) is 0.471. The summed E-state index contributed by atoms with van der Waals surface area (Å²) in [4.78, 5) is 35.8. The normalized spacial score (nSPS) is 13.1. The second-order valence-electron chi connectivity index (χ2n) is 6.53. The van der Waals surface area contributed by atoms with Crippen LogP contribution in [0.4, 0.5) is 5.82 Å². The van der Waals surface area contributed by atoms with Crippen molar-refractivity contribution in [2.45, 2.75) is 31.3 Å². The van der Waals surface area contributed by atoms with E-state index in [1.807, 2.05) is 0 Å². The molecule has 10 heteroatoms. The fourth-order valence-corrected chi connectivity index (χ4v) is 5.64. The highest BCUT2D eigenvalue weighted by Gasteiger charge is 2.22. The van der Waals surface area contributed by atoms with Crippen LogP contribution in [0.1, 0.15) is 22.4 Å². The van der Waals surface area contributed by atoms with E-state index in [-0.39, 0.29) is 23.0 Å². The molecule has 0 bridgehead atoms. The number of thioether (sulfide) groups is 1. The molecule has 0 aliphatic heterocycles. The highest BCUT2D eigenvalue weighted by atomic mass is 35.5. The summed E-state index contributed by atoms with van der Waals surface area (Å²) in [5.41, 5.74) is 1.76. The van der Waals surface area contributed by atoms with E-state index in [1.54, 1.807) is 25.3 Å². The molecule has 1 aliphatic carbocycles. The van der Waals surface area contributed by atoms with Gasteiger partial charge in [0.15, 0.2) is 11.0 Å². The number of anilines is 1. The van der Waals surface area contributed by atoms with Gasteiger partial charge in [-0.25, -0.2) is 9.97 Å². The standard InChI is InChI=1S/C18H16Cl2N4O2S2/c1-8-10(19)6-21-15(14(8)20)22-12(25)7-27-18-23-16-13(17(26)24(18)2)9-4-3-5-11(9)28-16/h6H,3-5,7H2,1-2H3,(H,21,22,25). The SMILES string of the molecule is Cc1c(Cl)cnc(NC(=O)CSc2nc3sc4c(c3c(=O)n2C)CCC4)c1Cl. The van der Waals surface area contributed by atoms with Gasteiger partial charge in [-0.15, -0.1) is 11.3 Å². The predicted molar refractivity (Wildman–Crippen MR) is 115 cm³/mol. The first kappa shape index (κ1) is 19.7. The monoisotopic (exact) mass is 454 g/mol. The molecule has 1 amide bonds. The summed E-state index contributed by atoms with van der Waals surface area (Å²) >= 11 is 14.9. The molecular weight excluding hydrogens is 439 g/mol. The Hall–Kier alpha value is -1.61. The molecule has 146 valence electrons. The number of aromatic nitrogens is 3. The molecule has 6 nitrogen and oxygen atoms in total. The van der Waals surface area contributed by atoms with Gasteiger partial charge in [0.25, 0.3) is 5.56 Å². The van der Waals surface area contributed by atoms with Gasteiger partial charge < -0.3 is 5.32 Å². The molecular formula is C18H16Cl2N4O2S2. The summed E-state index contributed by atoms with van der Waals surface area (Å²) in [5, 5.41) is 4.68. The first-order chi connectivity index (χ1) is 13.4. The fraction of sp³-hybridized carbons (Fsp3) is 0.333. The molecule has 1 aliphatic rings. The third-order valence-electron chi connectivity index (χ3n) is 4.70. The van der Waals surface area contributed by atoms with E-state index in [2.05, 4.69) is 15.3 Å². The molecule has 3 aromatic heterocycles. The average Bonchev–Trinajstić information content (AvgIpc) is 3.24. The van der Waals surface area contributed by atoms with Crippen molar-refractivity contribution in [2.75, 3.05) is 11.1 Å². The largest absolute Gasteiger partial charge is 0.309 e. The van der Waals surface area contributed by atoms with E-state index < -0.39 is 0 Å². The van der Waals surface area contributed by atoms with Gasteiger partial charge in [0.2, 0.25) is 5.91 Å². The van der Waals surface area contributed by atoms with Crippen molar-refractivity contribution in [3.8, 4) is 0 Å². The molecule has 0 atom stereocenters. The molecule has 3 aromatic rings. The zero-order valence-electron chi connectivity index (χ0n) is 15.1. The predicted octanol–water partition coefficient (Wildman–Crippen LogP) is 4.22. The van der Waals surface area contributed by atoms with Crippen LogP contribution in [0.25, 0.3) is 10.2 Å². The van der Waals surface area contributed by atoms with E-state index in [0.29, 0.717) is 20.8 Å². The number of nitrogens with one attached hydrogen (secondary N) is 1. The highest BCUT2D eigenvalue weighted by molar-refractivity contribution is 7.99. The van der Waals surface area contributed by atoms with Crippen LogP contribution in [0.2, 0.25) is 10.0 Å². The maximum absolute atomic E-state index is 12.8. The third-order valence-corrected chi connectivity index (χ3v) is 7.76. The minimum Gasteiger partial charge on any atom is -0.309 e. The smallest absolute Gasteiger partial charge is 0.262 e. The molecule has 3 heterocycles. The van der Waals surface area contributed by atoms with Gasteiger partial charge in [0.1, 0.15) is 4.83 Å². The van der Waals surface area contributed by atoms with Gasteiger partial charge >= 0.3 is 0 Å². The summed E-state index contributed by atoms with van der Waals surface area (Å²) < 4.78 is 1.52. The summed E-state index contributed by atoms with van der Waals surface area (Å²) in [6.45, 7) is 1.75. The zero-order chi connectivity index (χ0) is 20.0. The number of fused-ring (bicyclic) bond motifs is 3. The molecule has 0 spiro atoms. The van der Waals surface area contributed by atoms with Gasteiger partial charge in [0.05, 0.1) is 21.2 Å². The van der Waals surface area contributed by atoms with E-state index in [0.717, 1.165) is 35.0 Å². The van der Waals surface area contributed by atoms with Crippen molar-refractivity contribution in [1.82, 2.24) is 14.5 Å². The summed E-state index contributed by atoms with van der Waals surface area (Å²) in [6.07, 6.45) is 4.49. The maximum Gasteiger partial charge on any atom is 0.262 e. The molecule has 28 heavy (non-hydrogen) atoms. The van der Waals surface area contributed by atoms with Crippen LogP contribution < -0.4 is 10.9 Å². The van der Waals surface area contributed by atoms with Crippen LogP contribution in [-0.2, 0) is 24.7 Å². The molecule has 0 unspecified atom stereocenters. The number of carbonyl (C=O) groups is 1. The Morgan fingerprint density at radius 1 is 1.39 bits per heavy atom. The number of halogens is 2. The Balaban J connectivity index is 1.53. The van der Waals surface area contributed by atoms with Crippen molar-refractivity contribution < 1.29 is 4.79 Å². The average molecular weight is 455 g/mol. The lowest BCUT2D eigenvalue weighted by molar-refractivity contribution is -0.113. The van der Waals surface area contributed by atoms with Crippen molar-refractivity contribution >= 4 is 68.2 Å². The summed E-state index contributed by atoms with van der Waals surface area (Å²) in [6, 6.07) is 0. The Labute approximate surface area is 179 Å². The summed E-state index contributed by atoms with van der Waals surface area (Å²) in [7, 11) is 1.69. The topological polar surface area (TPSA) is 76.9 Å². The number of nitrogens with zero attached hydrogens (tertiary/aromatic N) is 3. The lowest BCUT2D eigenvalue weighted by Gasteiger charge is -2.10. The summed E-state index contributed by atoms with van der Waals surface area (Å²) in [5.74, 6) is 0.0570. The number of amides is 1. The Bertz CT molecular complexity index is 1170. The number of rotatable bonds is 4. The minimum absolute atomic E-state index is 0.0506. The Morgan fingerprint density at radius 2 is 2.18 bits per heavy atom. The van der Waals surface area contributed by atoms with Crippen LogP contribution in [0.3, 0.4) is 0 Å². The van der Waals surface area contributed by atoms with Crippen molar-refractivity contribution in [1.29, 1.82) is 0 Å². The van der Waals surface area contributed by atoms with Crippen LogP contribution in [0, 0.1) is 6.92 Å². The van der Waals surface area contributed by atoms with Gasteiger partial charge in [0, 0.05) is 18.1 Å². The number of aryl methyl sites for hydroxylation is 2. The number of thiophene rings is 1. The van der Waals surface area contributed by atoms with Crippen LogP contribution >= 0.6 is 46.3 Å². The number of hydrogen-bond donors (Lipinski definition) is 1. The molecule has 0 radical (unpaired) electrons. The van der Waals surface area contributed by atoms with E-state index in [9.17, 15) is 9.59 Å². The van der Waals surface area contributed by atoms with Gasteiger partial charge in [-0.1, -0.05) is 35.0 Å². The Kier molecular flexibility index (Phi) is 5.39. The Morgan fingerprint density at radius 3 is 2.96 bits per heavy atom. The van der Waals surface area contributed by atoms with Gasteiger partial charge in [-0.3, -0.25) is 14.2 Å². The lowest BCUT2D eigenvalue weighted by Crippen LogP contribution is -2.21. The molecule has 0 saturated heterocycles. The van der Waals surface area contributed by atoms with Crippen molar-refractivity contribution in [3.05, 3.63) is 42.6 Å². The zero-order valence-corrected chi connectivity index (χ0v) is 18.3. The van der Waals surface area contributed by atoms with Crippen molar-refractivity contribution in [2.24, 2.45) is 7.05 Å². The lowest BCUT2D eigenvalue weighted by atomic mass is 10.2. The first-order valence-corrected chi connectivity index (χ1v) is 11.2. The van der Waals surface area contributed by atoms with E-state index in [4.69, 9.17) is 23.2 Å². The molecule has 0 saturated carbocycles. The number of hydrogen-bond acceptors (Lipinski definition) is 6. The van der Waals surface area contributed by atoms with Gasteiger partial charge in [-0.05, 0) is 37.3 Å². The van der Waals surface area contributed by atoms with Crippen LogP contribution in [0.5, 0.6) is 0 Å². The van der Waals surface area contributed by atoms with Crippen molar-refractivity contribution in [3.63, 3.8) is 0 Å². The van der Waals surface area contributed by atoms with Crippen LogP contribution in [-0.4, -0.2) is 26.2 Å².